The highest BCUT2D eigenvalue weighted by atomic mass is 16.3. The molecule has 0 amide bonds. The van der Waals surface area contributed by atoms with Crippen molar-refractivity contribution >= 4 is 0 Å². The average molecular weight is 257 g/mol. The quantitative estimate of drug-likeness (QED) is 0.912. The second-order valence-corrected chi connectivity index (χ2v) is 5.17. The molecule has 1 aliphatic heterocycles. The molecule has 2 aromatic rings. The molecule has 3 rings (SSSR count). The van der Waals surface area contributed by atoms with Crippen LogP contribution in [-0.4, -0.2) is 38.8 Å². The number of imidazole rings is 1. The maximum atomic E-state index is 9.67. The normalized spacial score (nSPS) is 20.6. The molecule has 2 heterocycles. The molecule has 1 aliphatic rings. The molecule has 1 saturated heterocycles. The third kappa shape index (κ3) is 3.03. The van der Waals surface area contributed by atoms with Crippen molar-refractivity contribution < 1.29 is 5.11 Å². The minimum atomic E-state index is -0.154. The summed E-state index contributed by atoms with van der Waals surface area (Å²) in [6, 6.07) is 8.52. The molecule has 4 heteroatoms. The second-order valence-electron chi connectivity index (χ2n) is 5.17. The summed E-state index contributed by atoms with van der Waals surface area (Å²) in [5.41, 5.74) is 2.41. The number of aliphatic hydroxyl groups is 1. The number of benzene rings is 1. The Morgan fingerprint density at radius 1 is 1.26 bits per heavy atom. The van der Waals surface area contributed by atoms with Crippen LogP contribution in [0.1, 0.15) is 18.4 Å². The largest absolute Gasteiger partial charge is 0.392 e. The highest BCUT2D eigenvalue weighted by molar-refractivity contribution is 5.34. The molecule has 0 aliphatic carbocycles. The van der Waals surface area contributed by atoms with E-state index in [9.17, 15) is 5.11 Å². The van der Waals surface area contributed by atoms with Gasteiger partial charge in [0, 0.05) is 31.2 Å². The van der Waals surface area contributed by atoms with Gasteiger partial charge in [0.2, 0.25) is 0 Å². The van der Waals surface area contributed by atoms with Gasteiger partial charge in [0.05, 0.1) is 12.4 Å². The van der Waals surface area contributed by atoms with E-state index in [2.05, 4.69) is 34.1 Å². The number of rotatable bonds is 3. The molecule has 1 aromatic heterocycles. The minimum Gasteiger partial charge on any atom is -0.392 e. The Morgan fingerprint density at radius 3 is 2.79 bits per heavy atom. The summed E-state index contributed by atoms with van der Waals surface area (Å²) in [6.07, 6.45) is 7.40. The monoisotopic (exact) mass is 257 g/mol. The van der Waals surface area contributed by atoms with E-state index in [0.717, 1.165) is 38.2 Å². The highest BCUT2D eigenvalue weighted by Gasteiger charge is 2.17. The van der Waals surface area contributed by atoms with Crippen molar-refractivity contribution in [2.45, 2.75) is 25.5 Å². The van der Waals surface area contributed by atoms with Crippen LogP contribution < -0.4 is 0 Å². The summed E-state index contributed by atoms with van der Waals surface area (Å²) in [7, 11) is 0. The molecule has 0 spiro atoms. The molecule has 1 fully saturated rings. The van der Waals surface area contributed by atoms with Crippen molar-refractivity contribution in [3.05, 3.63) is 48.5 Å². The lowest BCUT2D eigenvalue weighted by molar-refractivity contribution is 0.0668. The summed E-state index contributed by atoms with van der Waals surface area (Å²) in [5, 5.41) is 9.67. The van der Waals surface area contributed by atoms with Gasteiger partial charge in [-0.3, -0.25) is 4.90 Å². The van der Waals surface area contributed by atoms with Crippen molar-refractivity contribution in [2.75, 3.05) is 13.1 Å². The zero-order valence-corrected chi connectivity index (χ0v) is 10.9. The van der Waals surface area contributed by atoms with Gasteiger partial charge in [0.1, 0.15) is 0 Å². The fourth-order valence-electron chi connectivity index (χ4n) is 2.62. The summed E-state index contributed by atoms with van der Waals surface area (Å²) >= 11 is 0. The lowest BCUT2D eigenvalue weighted by Gasteiger charge is -2.29. The van der Waals surface area contributed by atoms with Gasteiger partial charge in [-0.2, -0.15) is 0 Å². The Kier molecular flexibility index (Phi) is 3.62. The van der Waals surface area contributed by atoms with Crippen LogP contribution in [0.25, 0.3) is 5.69 Å². The van der Waals surface area contributed by atoms with Crippen LogP contribution in [-0.2, 0) is 6.54 Å². The van der Waals surface area contributed by atoms with Crippen LogP contribution in [0.5, 0.6) is 0 Å². The SMILES string of the molecule is O[C@H]1CCCN(Cc2ccc(-n3ccnc3)cc2)C1. The Hall–Kier alpha value is -1.65. The molecule has 0 saturated carbocycles. The van der Waals surface area contributed by atoms with Crippen LogP contribution in [0.15, 0.2) is 43.0 Å². The number of nitrogens with zero attached hydrogens (tertiary/aromatic N) is 3. The van der Waals surface area contributed by atoms with Crippen molar-refractivity contribution in [3.63, 3.8) is 0 Å². The van der Waals surface area contributed by atoms with Crippen LogP contribution >= 0.6 is 0 Å². The topological polar surface area (TPSA) is 41.3 Å². The molecule has 0 unspecified atom stereocenters. The molecule has 1 atom stereocenters. The molecule has 4 nitrogen and oxygen atoms in total. The molecule has 1 aromatic carbocycles. The molecule has 1 N–H and O–H groups in total. The first-order valence-electron chi connectivity index (χ1n) is 6.79. The van der Waals surface area contributed by atoms with Gasteiger partial charge in [0.15, 0.2) is 0 Å². The van der Waals surface area contributed by atoms with Gasteiger partial charge in [-0.25, -0.2) is 4.98 Å². The molecular weight excluding hydrogens is 238 g/mol. The second kappa shape index (κ2) is 5.55. The van der Waals surface area contributed by atoms with Crippen LogP contribution in [0.2, 0.25) is 0 Å². The Bertz CT molecular complexity index is 507. The first-order valence-corrected chi connectivity index (χ1v) is 6.79. The van der Waals surface area contributed by atoms with E-state index >= 15 is 0 Å². The lowest BCUT2D eigenvalue weighted by atomic mass is 10.1. The van der Waals surface area contributed by atoms with E-state index in [0.29, 0.717) is 0 Å². The van der Waals surface area contributed by atoms with Gasteiger partial charge in [-0.1, -0.05) is 12.1 Å². The highest BCUT2D eigenvalue weighted by Crippen LogP contribution is 2.15. The van der Waals surface area contributed by atoms with Crippen molar-refractivity contribution in [2.24, 2.45) is 0 Å². The summed E-state index contributed by atoms with van der Waals surface area (Å²) in [5.74, 6) is 0. The van der Waals surface area contributed by atoms with Gasteiger partial charge in [-0.15, -0.1) is 0 Å². The molecule has 0 bridgehead atoms. The van der Waals surface area contributed by atoms with E-state index in [1.807, 2.05) is 10.8 Å². The predicted octanol–water partition coefficient (Wildman–Crippen LogP) is 1.83. The van der Waals surface area contributed by atoms with Crippen molar-refractivity contribution in [1.82, 2.24) is 14.5 Å². The number of piperidine rings is 1. The summed E-state index contributed by atoms with van der Waals surface area (Å²) < 4.78 is 1.99. The van der Waals surface area contributed by atoms with Crippen molar-refractivity contribution in [3.8, 4) is 5.69 Å². The lowest BCUT2D eigenvalue weighted by Crippen LogP contribution is -2.37. The number of hydrogen-bond donors (Lipinski definition) is 1. The molecule has 100 valence electrons. The maximum absolute atomic E-state index is 9.67. The van der Waals surface area contributed by atoms with Crippen LogP contribution in [0.4, 0.5) is 0 Å². The smallest absolute Gasteiger partial charge is 0.0991 e. The van der Waals surface area contributed by atoms with Gasteiger partial charge < -0.3 is 9.67 Å². The van der Waals surface area contributed by atoms with E-state index in [-0.39, 0.29) is 6.10 Å². The zero-order valence-electron chi connectivity index (χ0n) is 10.9. The molecule has 19 heavy (non-hydrogen) atoms. The number of hydrogen-bond acceptors (Lipinski definition) is 3. The first-order chi connectivity index (χ1) is 9.31. The van der Waals surface area contributed by atoms with Gasteiger partial charge in [-0.05, 0) is 37.1 Å². The summed E-state index contributed by atoms with van der Waals surface area (Å²) in [4.78, 5) is 6.37. The van der Waals surface area contributed by atoms with Crippen LogP contribution in [0, 0.1) is 0 Å². The van der Waals surface area contributed by atoms with E-state index < -0.39 is 0 Å². The third-order valence-electron chi connectivity index (χ3n) is 3.63. The first kappa shape index (κ1) is 12.4. The van der Waals surface area contributed by atoms with E-state index in [1.165, 1.54) is 5.56 Å². The standard InChI is InChI=1S/C15H19N3O/c19-15-2-1-8-17(11-15)10-13-3-5-14(6-4-13)18-9-7-16-12-18/h3-7,9,12,15,19H,1-2,8,10-11H2/t15-/m0/s1. The van der Waals surface area contributed by atoms with Gasteiger partial charge in [0.25, 0.3) is 0 Å². The third-order valence-corrected chi connectivity index (χ3v) is 3.63. The summed E-state index contributed by atoms with van der Waals surface area (Å²) in [6.45, 7) is 2.80. The number of aliphatic hydroxyl groups excluding tert-OH is 1. The average Bonchev–Trinajstić information content (AvgIpc) is 2.94. The van der Waals surface area contributed by atoms with E-state index in [4.69, 9.17) is 0 Å². The zero-order chi connectivity index (χ0) is 13.1. The fraction of sp³-hybridized carbons (Fsp3) is 0.400. The Balaban J connectivity index is 1.66. The Labute approximate surface area is 113 Å². The van der Waals surface area contributed by atoms with E-state index in [1.54, 1.807) is 12.5 Å². The molecule has 0 radical (unpaired) electrons. The predicted molar refractivity (Wildman–Crippen MR) is 74.1 cm³/mol. The minimum absolute atomic E-state index is 0.154. The maximum Gasteiger partial charge on any atom is 0.0991 e. The number of aromatic nitrogens is 2. The fourth-order valence-corrected chi connectivity index (χ4v) is 2.62. The Morgan fingerprint density at radius 2 is 2.11 bits per heavy atom. The van der Waals surface area contributed by atoms with Gasteiger partial charge >= 0.3 is 0 Å². The van der Waals surface area contributed by atoms with Crippen molar-refractivity contribution in [1.29, 1.82) is 0 Å². The number of β-amino-alcohol motifs (C(OH)–C–C–N with tert-alkyl or cyclic N) is 1. The molecular formula is C15H19N3O. The van der Waals surface area contributed by atoms with Crippen LogP contribution in [0.3, 0.4) is 0 Å². The number of likely N-dealkylation sites (tertiary alicyclic amines) is 1.